The third-order valence-electron chi connectivity index (χ3n) is 4.21. The van der Waals surface area contributed by atoms with Crippen molar-refractivity contribution < 1.29 is 19.1 Å². The van der Waals surface area contributed by atoms with E-state index in [9.17, 15) is 14.4 Å². The van der Waals surface area contributed by atoms with Gasteiger partial charge < -0.3 is 4.74 Å². The first-order valence-electron chi connectivity index (χ1n) is 7.97. The van der Waals surface area contributed by atoms with Crippen LogP contribution in [0.15, 0.2) is 0 Å². The van der Waals surface area contributed by atoms with Crippen LogP contribution >= 0.6 is 0 Å². The second-order valence-electron chi connectivity index (χ2n) is 6.94. The number of carbonyl (C=O) groups excluding carboxylic acids is 3. The van der Waals surface area contributed by atoms with E-state index >= 15 is 0 Å². The van der Waals surface area contributed by atoms with Crippen LogP contribution in [0.2, 0.25) is 0 Å². The van der Waals surface area contributed by atoms with Crippen molar-refractivity contribution >= 4 is 17.7 Å². The Kier molecular flexibility index (Phi) is 5.02. The van der Waals surface area contributed by atoms with Gasteiger partial charge in [0.05, 0.1) is 24.1 Å². The molecule has 1 aliphatic rings. The van der Waals surface area contributed by atoms with E-state index in [2.05, 4.69) is 9.84 Å². The number of esters is 1. The molecule has 0 radical (unpaired) electrons. The van der Waals surface area contributed by atoms with E-state index in [-0.39, 0.29) is 23.1 Å². The highest BCUT2D eigenvalue weighted by molar-refractivity contribution is 6.00. The number of ketones is 1. The molecule has 0 saturated carbocycles. The van der Waals surface area contributed by atoms with Crippen LogP contribution in [0.3, 0.4) is 0 Å². The molecule has 1 aromatic heterocycles. The molecule has 0 aliphatic heterocycles. The molecule has 0 bridgehead atoms. The SMILES string of the molecule is COC(=O)CCCCC(=O)n1nc(C)c2c1CC(C)(C)CC2=O. The summed E-state index contributed by atoms with van der Waals surface area (Å²) < 4.78 is 5.98. The number of unbranched alkanes of at least 4 members (excludes halogenated alkanes) is 1. The average molecular weight is 320 g/mol. The number of ether oxygens (including phenoxy) is 1. The van der Waals surface area contributed by atoms with Gasteiger partial charge in [-0.2, -0.15) is 5.10 Å². The lowest BCUT2D eigenvalue weighted by Crippen LogP contribution is -2.29. The Balaban J connectivity index is 2.09. The molecule has 0 N–H and O–H groups in total. The summed E-state index contributed by atoms with van der Waals surface area (Å²) in [5, 5.41) is 4.29. The maximum absolute atomic E-state index is 12.4. The minimum absolute atomic E-state index is 0.0680. The van der Waals surface area contributed by atoms with E-state index in [4.69, 9.17) is 0 Å². The van der Waals surface area contributed by atoms with Crippen LogP contribution in [0.25, 0.3) is 0 Å². The van der Waals surface area contributed by atoms with Crippen molar-refractivity contribution in [3.05, 3.63) is 17.0 Å². The number of Topliss-reactive ketones (excluding diaryl/α,β-unsaturated/α-hetero) is 1. The standard InChI is InChI=1S/C17H24N2O4/c1-11-16-12(9-17(2,3)10-13(16)20)19(18-11)14(21)7-5-6-8-15(22)23-4/h5-10H2,1-4H3. The number of hydrogen-bond donors (Lipinski definition) is 0. The van der Waals surface area contributed by atoms with Crippen molar-refractivity contribution in [3.63, 3.8) is 0 Å². The van der Waals surface area contributed by atoms with Crippen molar-refractivity contribution in [2.24, 2.45) is 5.41 Å². The first kappa shape index (κ1) is 17.4. The molecule has 0 amide bonds. The fourth-order valence-electron chi connectivity index (χ4n) is 3.10. The number of fused-ring (bicyclic) bond motifs is 1. The number of hydrogen-bond acceptors (Lipinski definition) is 5. The second kappa shape index (κ2) is 6.64. The molecule has 0 spiro atoms. The molecular formula is C17H24N2O4. The van der Waals surface area contributed by atoms with Crippen molar-refractivity contribution in [1.82, 2.24) is 9.78 Å². The van der Waals surface area contributed by atoms with E-state index in [1.54, 1.807) is 6.92 Å². The lowest BCUT2D eigenvalue weighted by Gasteiger charge is -2.28. The van der Waals surface area contributed by atoms with E-state index in [0.29, 0.717) is 49.8 Å². The summed E-state index contributed by atoms with van der Waals surface area (Å²) in [4.78, 5) is 35.8. The Morgan fingerprint density at radius 2 is 1.87 bits per heavy atom. The number of carbonyl (C=O) groups is 3. The number of rotatable bonds is 5. The molecular weight excluding hydrogens is 296 g/mol. The summed E-state index contributed by atoms with van der Waals surface area (Å²) in [6, 6.07) is 0. The van der Waals surface area contributed by atoms with E-state index in [1.807, 2.05) is 13.8 Å². The molecule has 1 aromatic rings. The number of aryl methyl sites for hydroxylation is 1. The zero-order chi connectivity index (χ0) is 17.2. The molecule has 1 aliphatic carbocycles. The van der Waals surface area contributed by atoms with Gasteiger partial charge in [0.1, 0.15) is 0 Å². The third kappa shape index (κ3) is 3.86. The number of nitrogens with zero attached hydrogens (tertiary/aromatic N) is 2. The van der Waals surface area contributed by atoms with Crippen molar-refractivity contribution in [2.45, 2.75) is 59.3 Å². The highest BCUT2D eigenvalue weighted by Gasteiger charge is 2.36. The smallest absolute Gasteiger partial charge is 0.305 e. The van der Waals surface area contributed by atoms with Crippen LogP contribution in [0.5, 0.6) is 0 Å². The second-order valence-corrected chi connectivity index (χ2v) is 6.94. The van der Waals surface area contributed by atoms with Gasteiger partial charge in [-0.1, -0.05) is 13.8 Å². The molecule has 1 heterocycles. The minimum Gasteiger partial charge on any atom is -0.469 e. The van der Waals surface area contributed by atoms with Gasteiger partial charge >= 0.3 is 5.97 Å². The van der Waals surface area contributed by atoms with Gasteiger partial charge in [0.15, 0.2) is 5.78 Å². The van der Waals surface area contributed by atoms with Gasteiger partial charge in [-0.05, 0) is 31.6 Å². The lowest BCUT2D eigenvalue weighted by atomic mass is 9.75. The average Bonchev–Trinajstić information content (AvgIpc) is 2.78. The molecule has 23 heavy (non-hydrogen) atoms. The quantitative estimate of drug-likeness (QED) is 0.615. The Labute approximate surface area is 136 Å². The van der Waals surface area contributed by atoms with E-state index in [1.165, 1.54) is 11.8 Å². The summed E-state index contributed by atoms with van der Waals surface area (Å²) in [6.07, 6.45) is 2.97. The molecule has 0 unspecified atom stereocenters. The largest absolute Gasteiger partial charge is 0.469 e. The normalized spacial score (nSPS) is 16.1. The first-order chi connectivity index (χ1) is 10.7. The molecule has 126 valence electrons. The number of methoxy groups -OCH3 is 1. The summed E-state index contributed by atoms with van der Waals surface area (Å²) in [5.41, 5.74) is 1.83. The van der Waals surface area contributed by atoms with Gasteiger partial charge in [-0.25, -0.2) is 4.68 Å². The molecule has 0 fully saturated rings. The lowest BCUT2D eigenvalue weighted by molar-refractivity contribution is -0.140. The zero-order valence-electron chi connectivity index (χ0n) is 14.3. The van der Waals surface area contributed by atoms with Gasteiger partial charge in [0, 0.05) is 19.3 Å². The summed E-state index contributed by atoms with van der Waals surface area (Å²) in [5.74, 6) is -0.319. The first-order valence-corrected chi connectivity index (χ1v) is 7.97. The molecule has 6 nitrogen and oxygen atoms in total. The van der Waals surface area contributed by atoms with Crippen LogP contribution in [-0.2, 0) is 16.0 Å². The predicted octanol–water partition coefficient (Wildman–Crippen LogP) is 2.72. The topological polar surface area (TPSA) is 78.3 Å². The molecule has 2 rings (SSSR count). The zero-order valence-corrected chi connectivity index (χ0v) is 14.3. The van der Waals surface area contributed by atoms with Gasteiger partial charge in [-0.15, -0.1) is 0 Å². The molecule has 0 aromatic carbocycles. The number of aromatic nitrogens is 2. The monoisotopic (exact) mass is 320 g/mol. The molecule has 0 atom stereocenters. The van der Waals surface area contributed by atoms with E-state index < -0.39 is 0 Å². The third-order valence-corrected chi connectivity index (χ3v) is 4.21. The van der Waals surface area contributed by atoms with Crippen molar-refractivity contribution in [1.29, 1.82) is 0 Å². The summed E-state index contributed by atoms with van der Waals surface area (Å²) >= 11 is 0. The molecule has 0 saturated heterocycles. The van der Waals surface area contributed by atoms with Gasteiger partial charge in [-0.3, -0.25) is 14.4 Å². The van der Waals surface area contributed by atoms with Crippen LogP contribution in [0.1, 0.15) is 72.5 Å². The Hall–Kier alpha value is -1.98. The van der Waals surface area contributed by atoms with Gasteiger partial charge in [0.25, 0.3) is 0 Å². The molecule has 6 heteroatoms. The van der Waals surface area contributed by atoms with Crippen molar-refractivity contribution in [2.75, 3.05) is 7.11 Å². The predicted molar refractivity (Wildman–Crippen MR) is 84.5 cm³/mol. The fraction of sp³-hybridized carbons (Fsp3) is 0.647. The van der Waals surface area contributed by atoms with Crippen LogP contribution in [0, 0.1) is 12.3 Å². The van der Waals surface area contributed by atoms with Crippen LogP contribution in [-0.4, -0.2) is 34.6 Å². The Morgan fingerprint density at radius 3 is 2.52 bits per heavy atom. The Morgan fingerprint density at radius 1 is 1.22 bits per heavy atom. The van der Waals surface area contributed by atoms with Crippen LogP contribution in [0.4, 0.5) is 0 Å². The fourth-order valence-corrected chi connectivity index (χ4v) is 3.10. The Bertz CT molecular complexity index is 643. The highest BCUT2D eigenvalue weighted by atomic mass is 16.5. The summed E-state index contributed by atoms with van der Waals surface area (Å²) in [7, 11) is 1.35. The van der Waals surface area contributed by atoms with E-state index in [0.717, 1.165) is 5.69 Å². The van der Waals surface area contributed by atoms with Crippen molar-refractivity contribution in [3.8, 4) is 0 Å². The summed E-state index contributed by atoms with van der Waals surface area (Å²) in [6.45, 7) is 5.83. The highest BCUT2D eigenvalue weighted by Crippen LogP contribution is 2.36. The maximum Gasteiger partial charge on any atom is 0.305 e. The van der Waals surface area contributed by atoms with Gasteiger partial charge in [0.2, 0.25) is 5.91 Å². The maximum atomic E-state index is 12.4. The van der Waals surface area contributed by atoms with Crippen LogP contribution < -0.4 is 0 Å². The minimum atomic E-state index is -0.267.